The van der Waals surface area contributed by atoms with E-state index in [1.165, 1.54) is 32.0 Å². The molecule has 5 heteroatoms. The fraction of sp³-hybridized carbons (Fsp3) is 0.400. The van der Waals surface area contributed by atoms with Gasteiger partial charge in [-0.2, -0.15) is 8.78 Å². The van der Waals surface area contributed by atoms with Crippen LogP contribution in [0.25, 0.3) is 0 Å². The van der Waals surface area contributed by atoms with Crippen LogP contribution in [0.5, 0.6) is 5.75 Å². The second-order valence-corrected chi connectivity index (χ2v) is 4.01. The van der Waals surface area contributed by atoms with Gasteiger partial charge < -0.3 is 9.84 Å². The van der Waals surface area contributed by atoms with Gasteiger partial charge in [0.25, 0.3) is 0 Å². The van der Waals surface area contributed by atoms with Crippen LogP contribution in [-0.4, -0.2) is 11.7 Å². The Labute approximate surface area is 91.4 Å². The summed E-state index contributed by atoms with van der Waals surface area (Å²) in [6.07, 6.45) is 0. The molecule has 2 nitrogen and oxygen atoms in total. The molecule has 1 rings (SSSR count). The van der Waals surface area contributed by atoms with Crippen molar-refractivity contribution in [1.29, 1.82) is 0 Å². The van der Waals surface area contributed by atoms with E-state index >= 15 is 0 Å². The zero-order valence-electron chi connectivity index (χ0n) is 8.30. The molecule has 0 unspecified atom stereocenters. The van der Waals surface area contributed by atoms with Gasteiger partial charge in [0.05, 0.1) is 5.60 Å². The van der Waals surface area contributed by atoms with Crippen LogP contribution in [0.1, 0.15) is 19.4 Å². The number of hydrogen-bond acceptors (Lipinski definition) is 2. The number of aliphatic hydroxyl groups is 1. The fourth-order valence-electron chi connectivity index (χ4n) is 1.18. The van der Waals surface area contributed by atoms with E-state index in [-0.39, 0.29) is 11.3 Å². The largest absolute Gasteiger partial charge is 0.434 e. The molecule has 1 aromatic carbocycles. The van der Waals surface area contributed by atoms with Crippen LogP contribution in [0.15, 0.2) is 18.2 Å². The molecular weight excluding hydrogens is 226 g/mol. The van der Waals surface area contributed by atoms with Crippen LogP contribution >= 0.6 is 11.6 Å². The molecule has 0 bridgehead atoms. The maximum absolute atomic E-state index is 12.1. The van der Waals surface area contributed by atoms with E-state index in [4.69, 9.17) is 11.6 Å². The zero-order chi connectivity index (χ0) is 11.6. The van der Waals surface area contributed by atoms with Gasteiger partial charge in [0.15, 0.2) is 0 Å². The van der Waals surface area contributed by atoms with Crippen molar-refractivity contribution in [1.82, 2.24) is 0 Å². The minimum absolute atomic E-state index is 0.0677. The van der Waals surface area contributed by atoms with Gasteiger partial charge >= 0.3 is 6.61 Å². The summed E-state index contributed by atoms with van der Waals surface area (Å²) in [7, 11) is 0. The molecule has 15 heavy (non-hydrogen) atoms. The van der Waals surface area contributed by atoms with Gasteiger partial charge in [-0.1, -0.05) is 11.6 Å². The summed E-state index contributed by atoms with van der Waals surface area (Å²) in [5, 5.41) is 10.1. The van der Waals surface area contributed by atoms with Crippen LogP contribution in [0, 0.1) is 0 Å². The summed E-state index contributed by atoms with van der Waals surface area (Å²) in [4.78, 5) is 0. The first-order valence-electron chi connectivity index (χ1n) is 4.28. The van der Waals surface area contributed by atoms with Gasteiger partial charge in [0.1, 0.15) is 5.75 Å². The summed E-state index contributed by atoms with van der Waals surface area (Å²) in [6.45, 7) is 0.0147. The maximum atomic E-state index is 12.1. The summed E-state index contributed by atoms with van der Waals surface area (Å²) in [5.74, 6) is -0.0677. The molecule has 0 aromatic heterocycles. The number of benzene rings is 1. The fourth-order valence-corrected chi connectivity index (χ4v) is 1.35. The van der Waals surface area contributed by atoms with E-state index in [1.807, 2.05) is 0 Å². The standard InChI is InChI=1S/C10H11ClF2O2/c1-10(2,14)7-5-6(11)3-4-8(7)15-9(12)13/h3-5,9,14H,1-2H3. The summed E-state index contributed by atoms with van der Waals surface area (Å²) in [5.41, 5.74) is -1.05. The van der Waals surface area contributed by atoms with Crippen molar-refractivity contribution in [3.63, 3.8) is 0 Å². The highest BCUT2D eigenvalue weighted by Gasteiger charge is 2.22. The van der Waals surface area contributed by atoms with Gasteiger partial charge in [-0.25, -0.2) is 0 Å². The molecular formula is C10H11ClF2O2. The van der Waals surface area contributed by atoms with Crippen LogP contribution < -0.4 is 4.74 Å². The van der Waals surface area contributed by atoms with Gasteiger partial charge in [0.2, 0.25) is 0 Å². The van der Waals surface area contributed by atoms with Crippen LogP contribution in [-0.2, 0) is 5.60 Å². The minimum Gasteiger partial charge on any atom is -0.434 e. The minimum atomic E-state index is -2.92. The Bertz CT molecular complexity index is 348. The average molecular weight is 237 g/mol. The molecule has 1 N–H and O–H groups in total. The van der Waals surface area contributed by atoms with E-state index in [2.05, 4.69) is 4.74 Å². The van der Waals surface area contributed by atoms with Crippen LogP contribution in [0.4, 0.5) is 8.78 Å². The second-order valence-electron chi connectivity index (χ2n) is 3.58. The molecule has 0 spiro atoms. The lowest BCUT2D eigenvalue weighted by atomic mass is 9.97. The lowest BCUT2D eigenvalue weighted by molar-refractivity contribution is -0.0531. The van der Waals surface area contributed by atoms with E-state index in [1.54, 1.807) is 0 Å². The van der Waals surface area contributed by atoms with E-state index < -0.39 is 12.2 Å². The quantitative estimate of drug-likeness (QED) is 0.874. The van der Waals surface area contributed by atoms with Crippen molar-refractivity contribution in [3.8, 4) is 5.75 Å². The number of ether oxygens (including phenoxy) is 1. The Kier molecular flexibility index (Phi) is 3.52. The molecule has 0 fully saturated rings. The molecule has 84 valence electrons. The highest BCUT2D eigenvalue weighted by Crippen LogP contribution is 2.32. The van der Waals surface area contributed by atoms with Gasteiger partial charge in [-0.05, 0) is 32.0 Å². The van der Waals surface area contributed by atoms with Crippen molar-refractivity contribution < 1.29 is 18.6 Å². The number of alkyl halides is 2. The lowest BCUT2D eigenvalue weighted by Crippen LogP contribution is -2.18. The summed E-state index contributed by atoms with van der Waals surface area (Å²) in [6, 6.07) is 4.13. The molecule has 0 amide bonds. The van der Waals surface area contributed by atoms with Crippen LogP contribution in [0.3, 0.4) is 0 Å². The number of rotatable bonds is 3. The third-order valence-electron chi connectivity index (χ3n) is 1.82. The highest BCUT2D eigenvalue weighted by atomic mass is 35.5. The Morgan fingerprint density at radius 2 is 2.00 bits per heavy atom. The van der Waals surface area contributed by atoms with Gasteiger partial charge in [0, 0.05) is 10.6 Å². The molecule has 0 heterocycles. The number of hydrogen-bond donors (Lipinski definition) is 1. The molecule has 0 saturated carbocycles. The molecule has 0 aliphatic heterocycles. The second kappa shape index (κ2) is 4.33. The molecule has 0 aliphatic carbocycles. The maximum Gasteiger partial charge on any atom is 0.387 e. The SMILES string of the molecule is CC(C)(O)c1cc(Cl)ccc1OC(F)F. The highest BCUT2D eigenvalue weighted by molar-refractivity contribution is 6.30. The van der Waals surface area contributed by atoms with E-state index in [0.717, 1.165) is 0 Å². The van der Waals surface area contributed by atoms with Crippen molar-refractivity contribution in [2.75, 3.05) is 0 Å². The number of halogens is 3. The van der Waals surface area contributed by atoms with E-state index in [0.29, 0.717) is 5.02 Å². The van der Waals surface area contributed by atoms with Gasteiger partial charge in [-0.15, -0.1) is 0 Å². The van der Waals surface area contributed by atoms with Crippen LogP contribution in [0.2, 0.25) is 5.02 Å². The Morgan fingerprint density at radius 3 is 2.47 bits per heavy atom. The molecule has 0 radical (unpaired) electrons. The summed E-state index contributed by atoms with van der Waals surface area (Å²) < 4.78 is 28.4. The third kappa shape index (κ3) is 3.32. The average Bonchev–Trinajstić information content (AvgIpc) is 2.05. The van der Waals surface area contributed by atoms with Crippen molar-refractivity contribution >= 4 is 11.6 Å². The first kappa shape index (κ1) is 12.2. The third-order valence-corrected chi connectivity index (χ3v) is 2.05. The topological polar surface area (TPSA) is 29.5 Å². The lowest BCUT2D eigenvalue weighted by Gasteiger charge is -2.21. The van der Waals surface area contributed by atoms with Gasteiger partial charge in [-0.3, -0.25) is 0 Å². The van der Waals surface area contributed by atoms with Crippen molar-refractivity contribution in [2.45, 2.75) is 26.1 Å². The molecule has 1 aromatic rings. The smallest absolute Gasteiger partial charge is 0.387 e. The predicted octanol–water partition coefficient (Wildman–Crippen LogP) is 3.17. The predicted molar refractivity (Wildman–Crippen MR) is 53.3 cm³/mol. The normalized spacial score (nSPS) is 11.9. The first-order chi connectivity index (χ1) is 6.80. The Hall–Kier alpha value is -0.870. The Balaban J connectivity index is 3.15. The molecule has 0 saturated heterocycles. The van der Waals surface area contributed by atoms with E-state index in [9.17, 15) is 13.9 Å². The molecule has 0 aliphatic rings. The monoisotopic (exact) mass is 236 g/mol. The summed E-state index contributed by atoms with van der Waals surface area (Å²) >= 11 is 5.71. The molecule has 0 atom stereocenters. The van der Waals surface area contributed by atoms with Crippen molar-refractivity contribution in [2.24, 2.45) is 0 Å². The zero-order valence-corrected chi connectivity index (χ0v) is 9.05. The Morgan fingerprint density at radius 1 is 1.40 bits per heavy atom. The first-order valence-corrected chi connectivity index (χ1v) is 4.65. The van der Waals surface area contributed by atoms with Crippen molar-refractivity contribution in [3.05, 3.63) is 28.8 Å².